The van der Waals surface area contributed by atoms with Gasteiger partial charge in [-0.1, -0.05) is 24.6 Å². The highest BCUT2D eigenvalue weighted by Gasteiger charge is 2.42. The molecule has 2 unspecified atom stereocenters. The molecule has 136 valence electrons. The zero-order chi connectivity index (χ0) is 18.9. The van der Waals surface area contributed by atoms with E-state index < -0.39 is 34.1 Å². The zero-order valence-corrected chi connectivity index (χ0v) is 14.1. The average molecular weight is 385 g/mol. The third-order valence-electron chi connectivity index (χ3n) is 4.09. The quantitative estimate of drug-likeness (QED) is 0.678. The largest absolute Gasteiger partial charge is 0.382 e. The van der Waals surface area contributed by atoms with Crippen molar-refractivity contribution in [2.75, 3.05) is 0 Å². The van der Waals surface area contributed by atoms with Crippen LogP contribution in [0.5, 0.6) is 0 Å². The van der Waals surface area contributed by atoms with Gasteiger partial charge in [0.25, 0.3) is 0 Å². The molecule has 3 aromatic rings. The highest BCUT2D eigenvalue weighted by Crippen LogP contribution is 2.40. The molecule has 26 heavy (non-hydrogen) atoms. The molecule has 1 aromatic carbocycles. The summed E-state index contributed by atoms with van der Waals surface area (Å²) in [6.45, 7) is 1.08. The summed E-state index contributed by atoms with van der Waals surface area (Å²) in [5.74, 6) is -3.88. The average Bonchev–Trinajstić information content (AvgIpc) is 3.09. The Morgan fingerprint density at radius 2 is 2.04 bits per heavy atom. The van der Waals surface area contributed by atoms with E-state index in [0.717, 1.165) is 23.1 Å². The predicted molar refractivity (Wildman–Crippen MR) is 83.5 cm³/mol. The van der Waals surface area contributed by atoms with Crippen LogP contribution in [0, 0.1) is 17.5 Å². The topological polar surface area (TPSA) is 89.6 Å². The van der Waals surface area contributed by atoms with Gasteiger partial charge in [0.05, 0.1) is 12.2 Å². The minimum atomic E-state index is -2.06. The first kappa shape index (κ1) is 18.2. The maximum Gasteiger partial charge on any atom is 0.182 e. The summed E-state index contributed by atoms with van der Waals surface area (Å²) < 4.78 is 43.2. The van der Waals surface area contributed by atoms with Crippen LogP contribution in [-0.4, -0.2) is 35.3 Å². The van der Waals surface area contributed by atoms with E-state index in [1.54, 1.807) is 0 Å². The predicted octanol–water partition coefficient (Wildman–Crippen LogP) is 2.23. The summed E-state index contributed by atoms with van der Waals surface area (Å²) in [5, 5.41) is 21.4. The minimum Gasteiger partial charge on any atom is -0.382 e. The molecule has 0 saturated heterocycles. The van der Waals surface area contributed by atoms with Crippen molar-refractivity contribution in [2.24, 2.45) is 0 Å². The van der Waals surface area contributed by atoms with Crippen LogP contribution < -0.4 is 0 Å². The molecule has 0 aliphatic heterocycles. The fourth-order valence-electron chi connectivity index (χ4n) is 2.68. The Balaban J connectivity index is 2.15. The third-order valence-corrected chi connectivity index (χ3v) is 4.36. The van der Waals surface area contributed by atoms with E-state index in [-0.39, 0.29) is 17.8 Å². The van der Waals surface area contributed by atoms with Crippen LogP contribution in [0.15, 0.2) is 30.9 Å². The molecule has 0 saturated carbocycles. The van der Waals surface area contributed by atoms with Crippen molar-refractivity contribution in [3.8, 4) is 0 Å². The molecule has 0 aliphatic rings. The number of halogens is 4. The van der Waals surface area contributed by atoms with Crippen LogP contribution >= 0.6 is 11.6 Å². The number of aliphatic hydroxyl groups is 1. The maximum absolute atomic E-state index is 14.4. The Labute approximate surface area is 150 Å². The van der Waals surface area contributed by atoms with Gasteiger partial charge >= 0.3 is 0 Å². The van der Waals surface area contributed by atoms with Gasteiger partial charge in [-0.15, -0.1) is 5.10 Å². The van der Waals surface area contributed by atoms with E-state index in [1.807, 2.05) is 0 Å². The molecule has 0 spiro atoms. The van der Waals surface area contributed by atoms with E-state index in [0.29, 0.717) is 6.07 Å². The van der Waals surface area contributed by atoms with E-state index in [1.165, 1.54) is 13.3 Å². The number of benzene rings is 1. The molecule has 0 bridgehead atoms. The Bertz CT molecular complexity index is 926. The highest BCUT2D eigenvalue weighted by molar-refractivity contribution is 6.29. The van der Waals surface area contributed by atoms with Gasteiger partial charge in [-0.25, -0.2) is 27.8 Å². The first-order valence-corrected chi connectivity index (χ1v) is 7.75. The van der Waals surface area contributed by atoms with Crippen molar-refractivity contribution in [3.05, 3.63) is 64.7 Å². The Kier molecular flexibility index (Phi) is 4.88. The molecule has 2 heterocycles. The van der Waals surface area contributed by atoms with Crippen molar-refractivity contribution in [1.29, 1.82) is 0 Å². The molecule has 2 aromatic heterocycles. The van der Waals surface area contributed by atoms with Crippen LogP contribution in [-0.2, 0) is 12.1 Å². The van der Waals surface area contributed by atoms with Crippen molar-refractivity contribution in [2.45, 2.75) is 25.0 Å². The monoisotopic (exact) mass is 384 g/mol. The lowest BCUT2D eigenvalue weighted by molar-refractivity contribution is -0.0137. The lowest BCUT2D eigenvalue weighted by Crippen LogP contribution is -2.39. The summed E-state index contributed by atoms with van der Waals surface area (Å²) >= 11 is 5.68. The number of hydrogen-bond acceptors (Lipinski definition) is 6. The number of nitrogens with zero attached hydrogens (tertiary/aromatic N) is 6. The number of aromatic nitrogens is 6. The molecule has 7 nitrogen and oxygen atoms in total. The second kappa shape index (κ2) is 6.96. The normalized spacial score (nSPS) is 14.8. The standard InChI is InChI=1S/C15H12ClF3N6O/c1-8(13-12(19)14(16)21-6-20-13)15(26,5-25-7-22-23-24-25)10-3-2-9(17)4-11(10)18/h2-4,6-8,26H,5H2,1H3. The van der Waals surface area contributed by atoms with Gasteiger partial charge in [0, 0.05) is 17.5 Å². The number of hydrogen-bond donors (Lipinski definition) is 1. The van der Waals surface area contributed by atoms with Gasteiger partial charge in [0.15, 0.2) is 11.0 Å². The maximum atomic E-state index is 14.4. The van der Waals surface area contributed by atoms with Gasteiger partial charge in [-0.05, 0) is 16.5 Å². The molecule has 0 fully saturated rings. The second-order valence-electron chi connectivity index (χ2n) is 5.64. The van der Waals surface area contributed by atoms with Crippen LogP contribution in [0.4, 0.5) is 13.2 Å². The smallest absolute Gasteiger partial charge is 0.182 e. The van der Waals surface area contributed by atoms with Crippen molar-refractivity contribution in [1.82, 2.24) is 30.2 Å². The molecule has 11 heteroatoms. The first-order valence-electron chi connectivity index (χ1n) is 7.37. The molecular weight excluding hydrogens is 373 g/mol. The summed E-state index contributed by atoms with van der Waals surface area (Å²) in [7, 11) is 0. The lowest BCUT2D eigenvalue weighted by Gasteiger charge is -2.34. The highest BCUT2D eigenvalue weighted by atomic mass is 35.5. The van der Waals surface area contributed by atoms with E-state index >= 15 is 0 Å². The molecule has 1 N–H and O–H groups in total. The van der Waals surface area contributed by atoms with Crippen LogP contribution in [0.25, 0.3) is 0 Å². The fraction of sp³-hybridized carbons (Fsp3) is 0.267. The van der Waals surface area contributed by atoms with Gasteiger partial charge in [0.2, 0.25) is 0 Å². The summed E-state index contributed by atoms with van der Waals surface area (Å²) in [5.41, 5.74) is -2.56. The molecule has 3 rings (SSSR count). The van der Waals surface area contributed by atoms with Gasteiger partial charge in [-0.3, -0.25) is 0 Å². The van der Waals surface area contributed by atoms with Gasteiger partial charge in [0.1, 0.15) is 29.9 Å². The summed E-state index contributed by atoms with van der Waals surface area (Å²) in [6.07, 6.45) is 2.22. The number of rotatable bonds is 5. The SMILES string of the molecule is CC(c1ncnc(Cl)c1F)C(O)(Cn1cnnn1)c1ccc(F)cc1F. The molecular formula is C15H12ClF3N6O. The molecule has 0 amide bonds. The van der Waals surface area contributed by atoms with Crippen molar-refractivity contribution < 1.29 is 18.3 Å². The molecule has 0 radical (unpaired) electrons. The zero-order valence-electron chi connectivity index (χ0n) is 13.3. The van der Waals surface area contributed by atoms with Gasteiger partial charge < -0.3 is 5.11 Å². The Morgan fingerprint density at radius 1 is 1.27 bits per heavy atom. The van der Waals surface area contributed by atoms with E-state index in [2.05, 4.69) is 25.5 Å². The Hall–Kier alpha value is -2.59. The van der Waals surface area contributed by atoms with Crippen molar-refractivity contribution >= 4 is 11.6 Å². The van der Waals surface area contributed by atoms with Gasteiger partial charge in [-0.2, -0.15) is 0 Å². The second-order valence-corrected chi connectivity index (χ2v) is 6.00. The lowest BCUT2D eigenvalue weighted by atomic mass is 9.79. The van der Waals surface area contributed by atoms with Crippen LogP contribution in [0.1, 0.15) is 24.1 Å². The van der Waals surface area contributed by atoms with Crippen LogP contribution in [0.2, 0.25) is 5.15 Å². The van der Waals surface area contributed by atoms with Crippen molar-refractivity contribution in [3.63, 3.8) is 0 Å². The number of tetrazole rings is 1. The first-order chi connectivity index (χ1) is 12.3. The molecule has 0 aliphatic carbocycles. The summed E-state index contributed by atoms with van der Waals surface area (Å²) in [4.78, 5) is 7.34. The van der Waals surface area contributed by atoms with E-state index in [4.69, 9.17) is 11.6 Å². The third kappa shape index (κ3) is 3.25. The van der Waals surface area contributed by atoms with E-state index in [9.17, 15) is 18.3 Å². The fourth-order valence-corrected chi connectivity index (χ4v) is 2.82. The Morgan fingerprint density at radius 3 is 2.69 bits per heavy atom. The summed E-state index contributed by atoms with van der Waals surface area (Å²) in [6, 6.07) is 2.68. The minimum absolute atomic E-state index is 0.232. The molecule has 2 atom stereocenters. The van der Waals surface area contributed by atoms with Crippen LogP contribution in [0.3, 0.4) is 0 Å².